The fourth-order valence-corrected chi connectivity index (χ4v) is 2.01. The summed E-state index contributed by atoms with van der Waals surface area (Å²) in [4.78, 5) is 2.09. The Kier molecular flexibility index (Phi) is 3.34. The van der Waals surface area contributed by atoms with E-state index in [1.165, 1.54) is 0 Å². The van der Waals surface area contributed by atoms with Crippen LogP contribution in [0.2, 0.25) is 0 Å². The molecule has 1 unspecified atom stereocenters. The van der Waals surface area contributed by atoms with Gasteiger partial charge in [-0.1, -0.05) is 19.0 Å². The minimum Gasteiger partial charge on any atom is -0.409 e. The number of hydrogen-bond acceptors (Lipinski definition) is 4. The second-order valence-electron chi connectivity index (χ2n) is 4.63. The lowest BCUT2D eigenvalue weighted by Gasteiger charge is -2.23. The summed E-state index contributed by atoms with van der Waals surface area (Å²) in [6.45, 7) is 6.59. The van der Waals surface area contributed by atoms with Gasteiger partial charge in [-0.3, -0.25) is 4.90 Å². The van der Waals surface area contributed by atoms with Crippen molar-refractivity contribution in [1.82, 2.24) is 4.90 Å². The number of likely N-dealkylation sites (tertiary alicyclic amines) is 1. The second-order valence-corrected chi connectivity index (χ2v) is 4.63. The molecule has 14 heavy (non-hydrogen) atoms. The molecule has 5 heteroatoms. The van der Waals surface area contributed by atoms with Crippen molar-refractivity contribution < 1.29 is 10.3 Å². The first-order valence-electron chi connectivity index (χ1n) is 4.79. The minimum absolute atomic E-state index is 0.102. The van der Waals surface area contributed by atoms with E-state index < -0.39 is 0 Å². The molecule has 0 radical (unpaired) electrons. The van der Waals surface area contributed by atoms with Gasteiger partial charge in [0.15, 0.2) is 5.84 Å². The molecule has 0 bridgehead atoms. The normalized spacial score (nSPS) is 28.2. The summed E-state index contributed by atoms with van der Waals surface area (Å²) >= 11 is 0. The number of oxime groups is 1. The van der Waals surface area contributed by atoms with Crippen molar-refractivity contribution in [2.45, 2.75) is 13.8 Å². The van der Waals surface area contributed by atoms with Crippen LogP contribution in [0.3, 0.4) is 0 Å². The lowest BCUT2D eigenvalue weighted by molar-refractivity contribution is 0.161. The van der Waals surface area contributed by atoms with Gasteiger partial charge in [-0.05, 0) is 5.41 Å². The summed E-state index contributed by atoms with van der Waals surface area (Å²) in [6.07, 6.45) is 0. The molecule has 1 saturated heterocycles. The molecule has 0 spiro atoms. The fraction of sp³-hybridized carbons (Fsp3) is 0.889. The number of nitrogens with two attached hydrogens (primary N) is 1. The van der Waals surface area contributed by atoms with E-state index >= 15 is 0 Å². The summed E-state index contributed by atoms with van der Waals surface area (Å²) in [5.41, 5.74) is 5.53. The summed E-state index contributed by atoms with van der Waals surface area (Å²) in [6, 6.07) is 0. The van der Waals surface area contributed by atoms with Crippen LogP contribution in [-0.4, -0.2) is 47.3 Å². The largest absolute Gasteiger partial charge is 0.409 e. The fourth-order valence-electron chi connectivity index (χ4n) is 2.01. The highest BCUT2D eigenvalue weighted by Gasteiger charge is 2.38. The molecule has 0 aliphatic carbocycles. The van der Waals surface area contributed by atoms with E-state index in [1.54, 1.807) is 0 Å². The number of rotatable bonds is 3. The molecule has 0 amide bonds. The molecule has 0 saturated carbocycles. The van der Waals surface area contributed by atoms with Crippen LogP contribution in [0.25, 0.3) is 0 Å². The smallest absolute Gasteiger partial charge is 0.153 e. The second kappa shape index (κ2) is 4.14. The molecule has 0 aromatic rings. The zero-order chi connectivity index (χ0) is 10.8. The first-order valence-corrected chi connectivity index (χ1v) is 4.79. The average molecular weight is 201 g/mol. The van der Waals surface area contributed by atoms with Gasteiger partial charge in [0.25, 0.3) is 0 Å². The third-order valence-corrected chi connectivity index (χ3v) is 2.95. The van der Waals surface area contributed by atoms with Crippen molar-refractivity contribution in [2.24, 2.45) is 22.2 Å². The summed E-state index contributed by atoms with van der Waals surface area (Å²) in [7, 11) is 0. The van der Waals surface area contributed by atoms with Gasteiger partial charge in [0.05, 0.1) is 6.54 Å². The van der Waals surface area contributed by atoms with Crippen LogP contribution in [0.15, 0.2) is 5.16 Å². The summed E-state index contributed by atoms with van der Waals surface area (Å²) < 4.78 is 0. The molecule has 0 aromatic carbocycles. The lowest BCUT2D eigenvalue weighted by atomic mass is 9.83. The van der Waals surface area contributed by atoms with E-state index in [0.717, 1.165) is 13.1 Å². The Bertz CT molecular complexity index is 228. The Hall–Kier alpha value is -0.810. The summed E-state index contributed by atoms with van der Waals surface area (Å²) in [5, 5.41) is 20.5. The third-order valence-electron chi connectivity index (χ3n) is 2.95. The lowest BCUT2D eigenvalue weighted by Crippen LogP contribution is -2.33. The predicted molar refractivity (Wildman–Crippen MR) is 54.2 cm³/mol. The Morgan fingerprint density at radius 1 is 1.64 bits per heavy atom. The first-order chi connectivity index (χ1) is 6.49. The van der Waals surface area contributed by atoms with Crippen LogP contribution in [0.5, 0.6) is 0 Å². The van der Waals surface area contributed by atoms with Crippen LogP contribution >= 0.6 is 0 Å². The molecule has 4 N–H and O–H groups in total. The zero-order valence-corrected chi connectivity index (χ0v) is 8.77. The Morgan fingerprint density at radius 3 is 2.71 bits per heavy atom. The van der Waals surface area contributed by atoms with Gasteiger partial charge < -0.3 is 16.0 Å². The van der Waals surface area contributed by atoms with Crippen LogP contribution in [0, 0.1) is 11.3 Å². The molecule has 1 rings (SSSR count). The van der Waals surface area contributed by atoms with Crippen molar-refractivity contribution in [2.75, 3.05) is 26.2 Å². The SMILES string of the molecule is CC1(C)CN(C/C(N)=N/O)CC1CO. The molecule has 1 heterocycles. The highest BCUT2D eigenvalue weighted by molar-refractivity contribution is 5.81. The molecular formula is C9H19N3O2. The van der Waals surface area contributed by atoms with E-state index in [4.69, 9.17) is 10.9 Å². The predicted octanol–water partition coefficient (Wildman–Crippen LogP) is -0.317. The number of aliphatic hydroxyl groups excluding tert-OH is 1. The van der Waals surface area contributed by atoms with Crippen LogP contribution in [0.4, 0.5) is 0 Å². The maximum atomic E-state index is 9.17. The Labute approximate surface area is 84.2 Å². The molecule has 1 fully saturated rings. The topological polar surface area (TPSA) is 82.1 Å². The van der Waals surface area contributed by atoms with E-state index in [-0.39, 0.29) is 23.8 Å². The van der Waals surface area contributed by atoms with Gasteiger partial charge in [0, 0.05) is 25.6 Å². The molecule has 5 nitrogen and oxygen atoms in total. The maximum Gasteiger partial charge on any atom is 0.153 e. The zero-order valence-electron chi connectivity index (χ0n) is 8.77. The number of amidine groups is 1. The average Bonchev–Trinajstić information content (AvgIpc) is 2.39. The number of nitrogens with zero attached hydrogens (tertiary/aromatic N) is 2. The van der Waals surface area contributed by atoms with Gasteiger partial charge in [-0.15, -0.1) is 0 Å². The highest BCUT2D eigenvalue weighted by atomic mass is 16.4. The Balaban J connectivity index is 2.54. The first kappa shape index (κ1) is 11.3. The molecule has 1 aliphatic heterocycles. The third kappa shape index (κ3) is 2.36. The van der Waals surface area contributed by atoms with E-state index in [2.05, 4.69) is 23.9 Å². The minimum atomic E-state index is 0.102. The van der Waals surface area contributed by atoms with E-state index in [1.807, 2.05) is 0 Å². The van der Waals surface area contributed by atoms with Gasteiger partial charge >= 0.3 is 0 Å². The van der Waals surface area contributed by atoms with Gasteiger partial charge in [0.1, 0.15) is 0 Å². The van der Waals surface area contributed by atoms with E-state index in [0.29, 0.717) is 6.54 Å². The standard InChI is InChI=1S/C9H19N3O2/c1-9(2)6-12(3-7(9)5-13)4-8(10)11-14/h7,13-14H,3-6H2,1-2H3,(H2,10,11). The highest BCUT2D eigenvalue weighted by Crippen LogP contribution is 2.34. The molecule has 0 aromatic heterocycles. The van der Waals surface area contributed by atoms with Crippen molar-refractivity contribution in [3.8, 4) is 0 Å². The molecule has 82 valence electrons. The van der Waals surface area contributed by atoms with Crippen molar-refractivity contribution in [1.29, 1.82) is 0 Å². The van der Waals surface area contributed by atoms with E-state index in [9.17, 15) is 5.11 Å². The molecular weight excluding hydrogens is 182 g/mol. The van der Waals surface area contributed by atoms with Gasteiger partial charge in [0.2, 0.25) is 0 Å². The maximum absolute atomic E-state index is 9.17. The van der Waals surface area contributed by atoms with Crippen LogP contribution < -0.4 is 5.73 Å². The quantitative estimate of drug-likeness (QED) is 0.253. The van der Waals surface area contributed by atoms with Crippen molar-refractivity contribution in [3.05, 3.63) is 0 Å². The Morgan fingerprint density at radius 2 is 2.29 bits per heavy atom. The van der Waals surface area contributed by atoms with Crippen LogP contribution in [-0.2, 0) is 0 Å². The molecule has 1 aliphatic rings. The van der Waals surface area contributed by atoms with Gasteiger partial charge in [-0.2, -0.15) is 0 Å². The van der Waals surface area contributed by atoms with Gasteiger partial charge in [-0.25, -0.2) is 0 Å². The number of hydrogen-bond donors (Lipinski definition) is 3. The van der Waals surface area contributed by atoms with Crippen molar-refractivity contribution in [3.63, 3.8) is 0 Å². The summed E-state index contributed by atoms with van der Waals surface area (Å²) in [5.74, 6) is 0.494. The van der Waals surface area contributed by atoms with Crippen molar-refractivity contribution >= 4 is 5.84 Å². The monoisotopic (exact) mass is 201 g/mol. The number of aliphatic hydroxyl groups is 1. The van der Waals surface area contributed by atoms with Crippen LogP contribution in [0.1, 0.15) is 13.8 Å². The molecule has 1 atom stereocenters.